The summed E-state index contributed by atoms with van der Waals surface area (Å²) in [6.07, 6.45) is -0.614. The number of ether oxygens (including phenoxy) is 5. The van der Waals surface area contributed by atoms with E-state index in [1.165, 1.54) is 14.2 Å². The van der Waals surface area contributed by atoms with Crippen LogP contribution in [0.1, 0.15) is 41.7 Å². The zero-order valence-electron chi connectivity index (χ0n) is 22.0. The highest BCUT2D eigenvalue weighted by Crippen LogP contribution is 2.54. The normalized spacial score (nSPS) is 12.9. The molecule has 0 atom stereocenters. The third-order valence-corrected chi connectivity index (χ3v) is 7.23. The van der Waals surface area contributed by atoms with Gasteiger partial charge in [0.25, 0.3) is 0 Å². The van der Waals surface area contributed by atoms with Gasteiger partial charge in [-0.1, -0.05) is 50.2 Å². The standard InChI is InChI=1S/C29H30BrNO7/c1-29(2)20-11-12-23(34-3)19(15-31-28(33)37-16-17-9-7-6-8-10-17)26(20)38-25-18(13-24(32)35-4)27(36-5)22(30)14-21(25)29/h6-12,14H,13,15-16H2,1-5H3,(H,31,33). The van der Waals surface area contributed by atoms with Gasteiger partial charge in [-0.2, -0.15) is 0 Å². The highest BCUT2D eigenvalue weighted by Gasteiger charge is 2.39. The molecular weight excluding hydrogens is 554 g/mol. The SMILES string of the molecule is COC(=O)Cc1c(OC)c(Br)cc2c1Oc1c(ccc(OC)c1CNC(=O)OCc1ccccc1)C2(C)C. The molecule has 3 aromatic carbocycles. The first kappa shape index (κ1) is 27.3. The van der Waals surface area contributed by atoms with Crippen molar-refractivity contribution >= 4 is 28.0 Å². The number of amides is 1. The molecule has 1 heterocycles. The van der Waals surface area contributed by atoms with Gasteiger partial charge in [0, 0.05) is 22.1 Å². The number of esters is 1. The van der Waals surface area contributed by atoms with Crippen molar-refractivity contribution < 1.29 is 33.3 Å². The van der Waals surface area contributed by atoms with Gasteiger partial charge in [0.05, 0.1) is 44.3 Å². The predicted octanol–water partition coefficient (Wildman–Crippen LogP) is 6.04. The number of nitrogens with one attached hydrogen (secondary N) is 1. The molecule has 9 heteroatoms. The van der Waals surface area contributed by atoms with Gasteiger partial charge in [-0.15, -0.1) is 0 Å². The van der Waals surface area contributed by atoms with Crippen LogP contribution in [0.5, 0.6) is 23.0 Å². The average molecular weight is 584 g/mol. The Kier molecular flexibility index (Phi) is 8.16. The maximum Gasteiger partial charge on any atom is 0.407 e. The number of hydrogen-bond acceptors (Lipinski definition) is 7. The highest BCUT2D eigenvalue weighted by molar-refractivity contribution is 9.10. The molecule has 0 saturated heterocycles. The summed E-state index contributed by atoms with van der Waals surface area (Å²) >= 11 is 3.59. The van der Waals surface area contributed by atoms with Gasteiger partial charge in [-0.25, -0.2) is 4.79 Å². The Morgan fingerprint density at radius 3 is 2.32 bits per heavy atom. The second-order valence-corrected chi connectivity index (χ2v) is 10.1. The zero-order chi connectivity index (χ0) is 27.4. The molecule has 4 rings (SSSR count). The van der Waals surface area contributed by atoms with Gasteiger partial charge in [-0.3, -0.25) is 4.79 Å². The first-order valence-electron chi connectivity index (χ1n) is 12.0. The number of benzene rings is 3. The second-order valence-electron chi connectivity index (χ2n) is 9.27. The van der Waals surface area contributed by atoms with Crippen LogP contribution in [0.4, 0.5) is 4.79 Å². The van der Waals surface area contributed by atoms with E-state index in [4.69, 9.17) is 23.7 Å². The number of fused-ring (bicyclic) bond motifs is 2. The zero-order valence-corrected chi connectivity index (χ0v) is 23.6. The molecule has 3 aromatic rings. The monoisotopic (exact) mass is 583 g/mol. The van der Waals surface area contributed by atoms with Crippen LogP contribution in [-0.2, 0) is 39.3 Å². The first-order chi connectivity index (χ1) is 18.2. The second kappa shape index (κ2) is 11.3. The number of rotatable bonds is 8. The van der Waals surface area contributed by atoms with E-state index in [1.807, 2.05) is 48.5 Å². The van der Waals surface area contributed by atoms with Gasteiger partial charge in [-0.05, 0) is 33.6 Å². The number of alkyl carbamates (subject to hydrolysis) is 1. The number of carbonyl (C=O) groups is 2. The van der Waals surface area contributed by atoms with Gasteiger partial charge < -0.3 is 29.0 Å². The van der Waals surface area contributed by atoms with Gasteiger partial charge in [0.1, 0.15) is 29.6 Å². The number of carbonyl (C=O) groups excluding carboxylic acids is 2. The van der Waals surface area contributed by atoms with Crippen LogP contribution in [-0.4, -0.2) is 33.4 Å². The largest absolute Gasteiger partial charge is 0.496 e. The molecule has 0 bridgehead atoms. The minimum absolute atomic E-state index is 0.0454. The summed E-state index contributed by atoms with van der Waals surface area (Å²) in [6.45, 7) is 4.40. The molecule has 1 aliphatic heterocycles. The van der Waals surface area contributed by atoms with E-state index in [0.29, 0.717) is 38.6 Å². The minimum Gasteiger partial charge on any atom is -0.496 e. The summed E-state index contributed by atoms with van der Waals surface area (Å²) in [6, 6.07) is 15.2. The summed E-state index contributed by atoms with van der Waals surface area (Å²) in [5, 5.41) is 2.81. The Balaban J connectivity index is 1.71. The lowest BCUT2D eigenvalue weighted by atomic mass is 9.74. The smallest absolute Gasteiger partial charge is 0.407 e. The van der Waals surface area contributed by atoms with Crippen LogP contribution in [0.2, 0.25) is 0 Å². The van der Waals surface area contributed by atoms with E-state index in [1.54, 1.807) is 7.11 Å². The fourth-order valence-corrected chi connectivity index (χ4v) is 5.24. The maximum atomic E-state index is 12.5. The Labute approximate surface area is 230 Å². The molecule has 0 aromatic heterocycles. The first-order valence-corrected chi connectivity index (χ1v) is 12.8. The van der Waals surface area contributed by atoms with Crippen LogP contribution in [0.3, 0.4) is 0 Å². The molecule has 1 aliphatic rings. The number of halogens is 1. The van der Waals surface area contributed by atoms with Gasteiger partial charge in [0.2, 0.25) is 0 Å². The number of hydrogen-bond donors (Lipinski definition) is 1. The molecule has 200 valence electrons. The molecule has 1 N–H and O–H groups in total. The van der Waals surface area contributed by atoms with E-state index < -0.39 is 17.5 Å². The van der Waals surface area contributed by atoms with Crippen molar-refractivity contribution in [3.8, 4) is 23.0 Å². The Hall–Kier alpha value is -3.72. The predicted molar refractivity (Wildman–Crippen MR) is 145 cm³/mol. The number of methoxy groups -OCH3 is 3. The van der Waals surface area contributed by atoms with Crippen molar-refractivity contribution in [2.45, 2.75) is 38.8 Å². The van der Waals surface area contributed by atoms with E-state index in [9.17, 15) is 9.59 Å². The van der Waals surface area contributed by atoms with Crippen LogP contribution in [0, 0.1) is 0 Å². The maximum absolute atomic E-state index is 12.5. The van der Waals surface area contributed by atoms with Crippen molar-refractivity contribution in [1.29, 1.82) is 0 Å². The van der Waals surface area contributed by atoms with Crippen molar-refractivity contribution in [3.05, 3.63) is 80.8 Å². The summed E-state index contributed by atoms with van der Waals surface area (Å²) < 4.78 is 28.8. The van der Waals surface area contributed by atoms with Crippen molar-refractivity contribution in [3.63, 3.8) is 0 Å². The summed E-state index contributed by atoms with van der Waals surface area (Å²) in [5.74, 6) is 1.66. The van der Waals surface area contributed by atoms with Crippen LogP contribution in [0.15, 0.2) is 53.0 Å². The summed E-state index contributed by atoms with van der Waals surface area (Å²) in [7, 11) is 4.43. The highest BCUT2D eigenvalue weighted by atomic mass is 79.9. The molecule has 0 aliphatic carbocycles. The molecule has 1 amide bonds. The van der Waals surface area contributed by atoms with E-state index >= 15 is 0 Å². The lowest BCUT2D eigenvalue weighted by Crippen LogP contribution is -2.28. The Morgan fingerprint density at radius 2 is 1.66 bits per heavy atom. The quantitative estimate of drug-likeness (QED) is 0.323. The third-order valence-electron chi connectivity index (χ3n) is 6.64. The molecule has 0 unspecified atom stereocenters. The summed E-state index contributed by atoms with van der Waals surface area (Å²) in [4.78, 5) is 24.9. The fourth-order valence-electron chi connectivity index (χ4n) is 4.61. The minimum atomic E-state index is -0.569. The Bertz CT molecular complexity index is 1360. The van der Waals surface area contributed by atoms with Gasteiger partial charge >= 0.3 is 12.1 Å². The van der Waals surface area contributed by atoms with Crippen LogP contribution >= 0.6 is 15.9 Å². The van der Waals surface area contributed by atoms with Crippen molar-refractivity contribution in [1.82, 2.24) is 5.32 Å². The van der Waals surface area contributed by atoms with Crippen LogP contribution < -0.4 is 19.5 Å². The fraction of sp³-hybridized carbons (Fsp3) is 0.310. The lowest BCUT2D eigenvalue weighted by Gasteiger charge is -2.37. The molecule has 38 heavy (non-hydrogen) atoms. The molecule has 8 nitrogen and oxygen atoms in total. The average Bonchev–Trinajstić information content (AvgIpc) is 2.91. The molecular formula is C29H30BrNO7. The third kappa shape index (κ3) is 5.29. The molecule has 0 saturated carbocycles. The molecule has 0 radical (unpaired) electrons. The van der Waals surface area contributed by atoms with Crippen molar-refractivity contribution in [2.75, 3.05) is 21.3 Å². The van der Waals surface area contributed by atoms with E-state index in [-0.39, 0.29) is 19.6 Å². The van der Waals surface area contributed by atoms with Gasteiger partial charge in [0.15, 0.2) is 0 Å². The molecule has 0 spiro atoms. The van der Waals surface area contributed by atoms with Crippen molar-refractivity contribution in [2.24, 2.45) is 0 Å². The van der Waals surface area contributed by atoms with E-state index in [0.717, 1.165) is 16.7 Å². The van der Waals surface area contributed by atoms with E-state index in [2.05, 4.69) is 35.1 Å². The lowest BCUT2D eigenvalue weighted by molar-refractivity contribution is -0.139. The molecule has 0 fully saturated rings. The van der Waals surface area contributed by atoms with Crippen LogP contribution in [0.25, 0.3) is 0 Å². The summed E-state index contributed by atoms with van der Waals surface area (Å²) in [5.41, 5.74) is 3.36. The topological polar surface area (TPSA) is 92.3 Å². The Morgan fingerprint density at radius 1 is 0.947 bits per heavy atom.